The van der Waals surface area contributed by atoms with Gasteiger partial charge in [0.2, 0.25) is 0 Å². The van der Waals surface area contributed by atoms with Gasteiger partial charge in [-0.1, -0.05) is 13.0 Å². The molecule has 6 heteroatoms. The average Bonchev–Trinajstić information content (AvgIpc) is 2.27. The van der Waals surface area contributed by atoms with Crippen molar-refractivity contribution in [3.63, 3.8) is 0 Å². The molecule has 0 fully saturated rings. The van der Waals surface area contributed by atoms with E-state index in [2.05, 4.69) is 4.98 Å². The highest BCUT2D eigenvalue weighted by Crippen LogP contribution is 2.21. The molecule has 1 heterocycles. The Morgan fingerprint density at radius 2 is 2.06 bits per heavy atom. The normalized spacial score (nSPS) is 13.4. The quantitative estimate of drug-likeness (QED) is 0.886. The molecule has 1 rings (SSSR count). The number of rotatable bonds is 5. The van der Waals surface area contributed by atoms with Crippen molar-refractivity contribution in [1.82, 2.24) is 4.98 Å². The third-order valence-electron chi connectivity index (χ3n) is 2.48. The summed E-state index contributed by atoms with van der Waals surface area (Å²) in [6.07, 6.45) is -2.07. The van der Waals surface area contributed by atoms with Gasteiger partial charge in [0.05, 0.1) is 0 Å². The molecule has 0 aliphatic rings. The van der Waals surface area contributed by atoms with E-state index in [9.17, 15) is 13.2 Å². The summed E-state index contributed by atoms with van der Waals surface area (Å²) in [5.74, 6) is 0.332. The molecule has 102 valence electrons. The van der Waals surface area contributed by atoms with Crippen molar-refractivity contribution >= 4 is 5.82 Å². The number of nitrogens with two attached hydrogens (primary N) is 1. The van der Waals surface area contributed by atoms with Crippen LogP contribution in [0, 0.1) is 0 Å². The summed E-state index contributed by atoms with van der Waals surface area (Å²) in [6, 6.07) is 3.13. The van der Waals surface area contributed by atoms with Crippen LogP contribution in [0.4, 0.5) is 19.0 Å². The lowest BCUT2D eigenvalue weighted by molar-refractivity contribution is -0.119. The molecule has 0 bridgehead atoms. The molecule has 3 nitrogen and oxygen atoms in total. The summed E-state index contributed by atoms with van der Waals surface area (Å²) >= 11 is 0. The molecule has 0 saturated carbocycles. The van der Waals surface area contributed by atoms with Crippen molar-refractivity contribution in [2.45, 2.75) is 32.5 Å². The third-order valence-corrected chi connectivity index (χ3v) is 2.48. The highest BCUT2D eigenvalue weighted by molar-refractivity contribution is 5.40. The molecule has 0 aliphatic carbocycles. The predicted octanol–water partition coefficient (Wildman–Crippen LogP) is 2.88. The van der Waals surface area contributed by atoms with E-state index in [1.165, 1.54) is 11.1 Å². The van der Waals surface area contributed by atoms with Gasteiger partial charge in [-0.2, -0.15) is 13.2 Å². The zero-order valence-corrected chi connectivity index (χ0v) is 10.5. The van der Waals surface area contributed by atoms with Crippen LogP contribution in [-0.4, -0.2) is 24.2 Å². The molecule has 2 N–H and O–H groups in total. The molecular formula is C12H18F3N3. The van der Waals surface area contributed by atoms with Crippen molar-refractivity contribution < 1.29 is 13.2 Å². The second-order valence-corrected chi connectivity index (χ2v) is 4.28. The highest BCUT2D eigenvalue weighted by atomic mass is 19.4. The Balaban J connectivity index is 2.85. The molecule has 0 aromatic carbocycles. The summed E-state index contributed by atoms with van der Waals surface area (Å²) in [6.45, 7) is 2.98. The summed E-state index contributed by atoms with van der Waals surface area (Å²) < 4.78 is 37.3. The first-order chi connectivity index (χ1) is 8.33. The number of pyridine rings is 1. The molecular weight excluding hydrogens is 243 g/mol. The summed E-state index contributed by atoms with van der Waals surface area (Å²) in [5.41, 5.74) is 6.47. The van der Waals surface area contributed by atoms with Gasteiger partial charge in [-0.15, -0.1) is 0 Å². The number of hydrogen-bond acceptors (Lipinski definition) is 3. The molecule has 0 radical (unpaired) electrons. The van der Waals surface area contributed by atoms with Crippen molar-refractivity contribution in [3.05, 3.63) is 23.9 Å². The van der Waals surface area contributed by atoms with Gasteiger partial charge >= 0.3 is 6.18 Å². The van der Waals surface area contributed by atoms with Gasteiger partial charge in [0.1, 0.15) is 12.4 Å². The number of anilines is 1. The monoisotopic (exact) mass is 261 g/mol. The maximum atomic E-state index is 12.4. The number of hydrogen-bond donors (Lipinski definition) is 1. The fraction of sp³-hybridized carbons (Fsp3) is 0.583. The first kappa shape index (κ1) is 14.8. The molecule has 0 aliphatic heterocycles. The third kappa shape index (κ3) is 4.52. The Morgan fingerprint density at radius 3 is 2.44 bits per heavy atom. The van der Waals surface area contributed by atoms with E-state index in [0.717, 1.165) is 5.56 Å². The van der Waals surface area contributed by atoms with E-state index in [1.807, 2.05) is 6.92 Å². The average molecular weight is 261 g/mol. The topological polar surface area (TPSA) is 42.1 Å². The van der Waals surface area contributed by atoms with Crippen molar-refractivity contribution in [3.8, 4) is 0 Å². The highest BCUT2D eigenvalue weighted by Gasteiger charge is 2.31. The molecule has 1 unspecified atom stereocenters. The van der Waals surface area contributed by atoms with E-state index in [-0.39, 0.29) is 6.04 Å². The standard InChI is InChI=1S/C12H18F3N3/c1-3-6-18(8-12(13,14)15)11-5-4-10(7-17-11)9(2)16/h4-5,7,9H,3,6,8,16H2,1-2H3. The van der Waals surface area contributed by atoms with Gasteiger partial charge in [-0.05, 0) is 25.0 Å². The Bertz CT molecular complexity index is 360. The Labute approximate surface area is 105 Å². The zero-order chi connectivity index (χ0) is 13.8. The predicted molar refractivity (Wildman–Crippen MR) is 65.4 cm³/mol. The first-order valence-electron chi connectivity index (χ1n) is 5.86. The fourth-order valence-electron chi connectivity index (χ4n) is 1.61. The van der Waals surface area contributed by atoms with Gasteiger partial charge in [0.15, 0.2) is 0 Å². The van der Waals surface area contributed by atoms with Gasteiger partial charge in [0.25, 0.3) is 0 Å². The van der Waals surface area contributed by atoms with Crippen LogP contribution >= 0.6 is 0 Å². The second kappa shape index (κ2) is 6.04. The van der Waals surface area contributed by atoms with Crippen LogP contribution in [-0.2, 0) is 0 Å². The van der Waals surface area contributed by atoms with Crippen LogP contribution in [0.3, 0.4) is 0 Å². The molecule has 0 saturated heterocycles. The number of halogens is 3. The lowest BCUT2D eigenvalue weighted by Crippen LogP contribution is -2.35. The lowest BCUT2D eigenvalue weighted by Gasteiger charge is -2.24. The minimum atomic E-state index is -4.23. The van der Waals surface area contributed by atoms with Gasteiger partial charge in [-0.3, -0.25) is 0 Å². The van der Waals surface area contributed by atoms with Crippen molar-refractivity contribution in [2.24, 2.45) is 5.73 Å². The van der Waals surface area contributed by atoms with Crippen molar-refractivity contribution in [1.29, 1.82) is 0 Å². The van der Waals surface area contributed by atoms with Gasteiger partial charge in [0, 0.05) is 18.8 Å². The van der Waals surface area contributed by atoms with Crippen molar-refractivity contribution in [2.75, 3.05) is 18.0 Å². The van der Waals surface area contributed by atoms with Crippen LogP contribution < -0.4 is 10.6 Å². The SMILES string of the molecule is CCCN(CC(F)(F)F)c1ccc(C(C)N)cn1. The minimum Gasteiger partial charge on any atom is -0.348 e. The number of alkyl halides is 3. The molecule has 1 aromatic rings. The van der Waals surface area contributed by atoms with E-state index in [4.69, 9.17) is 5.73 Å². The summed E-state index contributed by atoms with van der Waals surface area (Å²) in [5, 5.41) is 0. The Hall–Kier alpha value is -1.30. The Kier molecular flexibility index (Phi) is 4.95. The van der Waals surface area contributed by atoms with Crippen LogP contribution in [0.1, 0.15) is 31.9 Å². The van der Waals surface area contributed by atoms with Crippen LogP contribution in [0.2, 0.25) is 0 Å². The maximum absolute atomic E-state index is 12.4. The molecule has 0 spiro atoms. The van der Waals surface area contributed by atoms with E-state index in [1.54, 1.807) is 19.1 Å². The minimum absolute atomic E-state index is 0.172. The lowest BCUT2D eigenvalue weighted by atomic mass is 10.1. The van der Waals surface area contributed by atoms with E-state index < -0.39 is 12.7 Å². The van der Waals surface area contributed by atoms with Crippen LogP contribution in [0.25, 0.3) is 0 Å². The molecule has 0 amide bonds. The summed E-state index contributed by atoms with van der Waals surface area (Å²) in [7, 11) is 0. The molecule has 18 heavy (non-hydrogen) atoms. The van der Waals surface area contributed by atoms with Gasteiger partial charge < -0.3 is 10.6 Å². The largest absolute Gasteiger partial charge is 0.405 e. The number of aromatic nitrogens is 1. The summed E-state index contributed by atoms with van der Waals surface area (Å²) in [4.78, 5) is 5.28. The zero-order valence-electron chi connectivity index (χ0n) is 10.5. The van der Waals surface area contributed by atoms with E-state index >= 15 is 0 Å². The van der Waals surface area contributed by atoms with Crippen LogP contribution in [0.15, 0.2) is 18.3 Å². The first-order valence-corrected chi connectivity index (χ1v) is 5.86. The van der Waals surface area contributed by atoms with Gasteiger partial charge in [-0.25, -0.2) is 4.98 Å². The Morgan fingerprint density at radius 1 is 1.39 bits per heavy atom. The smallest absolute Gasteiger partial charge is 0.348 e. The fourth-order valence-corrected chi connectivity index (χ4v) is 1.61. The molecule has 1 atom stereocenters. The van der Waals surface area contributed by atoms with Crippen LogP contribution in [0.5, 0.6) is 0 Å². The van der Waals surface area contributed by atoms with E-state index in [0.29, 0.717) is 18.8 Å². The second-order valence-electron chi connectivity index (χ2n) is 4.28. The molecule has 1 aromatic heterocycles. The number of nitrogens with zero attached hydrogens (tertiary/aromatic N) is 2. The maximum Gasteiger partial charge on any atom is 0.405 e.